The number of hydrogen-bond acceptors (Lipinski definition) is 12. The summed E-state index contributed by atoms with van der Waals surface area (Å²) in [7, 11) is -18.0. The van der Waals surface area contributed by atoms with E-state index in [0.717, 1.165) is 22.3 Å². The van der Waals surface area contributed by atoms with Crippen LogP contribution in [0.1, 0.15) is 22.3 Å². The molecule has 0 saturated heterocycles. The van der Waals surface area contributed by atoms with Crippen molar-refractivity contribution < 1.29 is 36.2 Å². The fourth-order valence-corrected chi connectivity index (χ4v) is 23.1. The Bertz CT molecular complexity index is 3000. The summed E-state index contributed by atoms with van der Waals surface area (Å²) in [5.74, 6) is 3.64. The SMILES string of the molecule is Cc1cccc(OP2(Oc3ccccc3)=N[PH](Oc3ccccc3)(Oc3cccc(C)c3)N[PH](Oc3ccccc3)(Oc3cccc(C)c3)N[PH](Oc3ccccc3)(Oc3cccc(C)c3)N2)c1. The van der Waals surface area contributed by atoms with Crippen molar-refractivity contribution >= 4 is 31.7 Å². The van der Waals surface area contributed by atoms with Gasteiger partial charge in [-0.15, -0.1) is 0 Å². The zero-order chi connectivity index (χ0) is 46.9. The van der Waals surface area contributed by atoms with Crippen LogP contribution in [0.2, 0.25) is 0 Å². The number of aryl methyl sites for hydroxylation is 4. The number of benzene rings is 8. The average molecular weight is 987 g/mol. The van der Waals surface area contributed by atoms with Gasteiger partial charge < -0.3 is 0 Å². The molecule has 0 bridgehead atoms. The first kappa shape index (κ1) is 46.7. The van der Waals surface area contributed by atoms with Crippen LogP contribution in [-0.4, -0.2) is 0 Å². The zero-order valence-electron chi connectivity index (χ0n) is 37.9. The van der Waals surface area contributed by atoms with Crippen LogP contribution in [0.3, 0.4) is 0 Å². The van der Waals surface area contributed by atoms with Crippen molar-refractivity contribution in [3.8, 4) is 46.0 Å². The van der Waals surface area contributed by atoms with E-state index in [1.807, 2.05) is 246 Å². The molecule has 1 atom stereocenters. The Labute approximate surface area is 399 Å². The molecule has 8 aromatic carbocycles. The van der Waals surface area contributed by atoms with E-state index in [9.17, 15) is 0 Å². The van der Waals surface area contributed by atoms with Gasteiger partial charge in [0.1, 0.15) is 0 Å². The summed E-state index contributed by atoms with van der Waals surface area (Å²) in [5, 5.41) is 0. The van der Waals surface area contributed by atoms with E-state index in [2.05, 4.69) is 14.6 Å². The van der Waals surface area contributed by atoms with Crippen LogP contribution in [0.4, 0.5) is 0 Å². The molecule has 3 N–H and O–H groups in total. The van der Waals surface area contributed by atoms with Gasteiger partial charge in [0.2, 0.25) is 0 Å². The molecular weight excluding hydrogens is 932 g/mol. The molecule has 12 nitrogen and oxygen atoms in total. The van der Waals surface area contributed by atoms with E-state index in [1.165, 1.54) is 0 Å². The monoisotopic (exact) mass is 986 g/mol. The standard InChI is InChI=1S/C52H54N4O8P4/c1-41-21-17-33-49(37-41)61-65(57-45-25-9-5-10-26-45)53-66(58-46-27-11-6-12-28-46,62-50-34-18-22-42(2)38-50)55-68(60-48-31-15-8-16-32-48,64-52-36-20-24-44(4)40-52)56-67(54-65,59-47-29-13-7-14-30-47)63-51-35-19-23-43(3)39-51/h5-40,53-55,65-67H,1-4H3. The molecule has 1 heterocycles. The van der Waals surface area contributed by atoms with E-state index in [0.29, 0.717) is 46.0 Å². The van der Waals surface area contributed by atoms with Crippen molar-refractivity contribution in [1.29, 1.82) is 0 Å². The molecule has 16 heteroatoms. The molecule has 0 aromatic heterocycles. The summed E-state index contributed by atoms with van der Waals surface area (Å²) >= 11 is 0. The van der Waals surface area contributed by atoms with E-state index >= 15 is 0 Å². The predicted molar refractivity (Wildman–Crippen MR) is 279 cm³/mol. The molecule has 0 saturated carbocycles. The summed E-state index contributed by atoms with van der Waals surface area (Å²) in [6.07, 6.45) is 0. The van der Waals surface area contributed by atoms with Crippen molar-refractivity contribution in [3.05, 3.63) is 241 Å². The molecule has 0 aliphatic carbocycles. The predicted octanol–water partition coefficient (Wildman–Crippen LogP) is 14.8. The van der Waals surface area contributed by atoms with Crippen molar-refractivity contribution in [1.82, 2.24) is 14.6 Å². The number of rotatable bonds is 16. The van der Waals surface area contributed by atoms with Crippen molar-refractivity contribution in [3.63, 3.8) is 0 Å². The molecule has 1 aliphatic heterocycles. The van der Waals surface area contributed by atoms with Gasteiger partial charge in [-0.25, -0.2) is 0 Å². The van der Waals surface area contributed by atoms with Gasteiger partial charge in [0.15, 0.2) is 0 Å². The topological polar surface area (TPSA) is 122 Å². The van der Waals surface area contributed by atoms with Gasteiger partial charge in [0, 0.05) is 0 Å². The Hall–Kier alpha value is -6.44. The van der Waals surface area contributed by atoms with Gasteiger partial charge in [0.25, 0.3) is 0 Å². The molecule has 0 amide bonds. The Morgan fingerprint density at radius 3 is 1.12 bits per heavy atom. The number of hydrogen-bond donors (Lipinski definition) is 3. The normalized spacial score (nSPS) is 18.3. The fourth-order valence-electron chi connectivity index (χ4n) is 7.28. The molecule has 0 fully saturated rings. The second kappa shape index (κ2) is 20.8. The molecule has 0 spiro atoms. The van der Waals surface area contributed by atoms with Gasteiger partial charge in [-0.05, 0) is 0 Å². The Balaban J connectivity index is 1.41. The fraction of sp³-hybridized carbons (Fsp3) is 0.0769. The van der Waals surface area contributed by atoms with Crippen molar-refractivity contribution in [2.75, 3.05) is 0 Å². The summed E-state index contributed by atoms with van der Waals surface area (Å²) in [5.41, 5.74) is 3.79. The number of nitrogens with zero attached hydrogens (tertiary/aromatic N) is 1. The minimum atomic E-state index is -4.67. The third kappa shape index (κ3) is 12.2. The van der Waals surface area contributed by atoms with Crippen LogP contribution >= 0.6 is 31.7 Å². The third-order valence-electron chi connectivity index (χ3n) is 10.2. The van der Waals surface area contributed by atoms with E-state index in [1.54, 1.807) is 0 Å². The number of para-hydroxylation sites is 4. The molecule has 1 aliphatic rings. The maximum absolute atomic E-state index is 7.37. The second-order valence-electron chi connectivity index (χ2n) is 16.1. The first-order chi connectivity index (χ1) is 33.0. The van der Waals surface area contributed by atoms with E-state index in [4.69, 9.17) is 40.7 Å². The Morgan fingerprint density at radius 1 is 0.324 bits per heavy atom. The van der Waals surface area contributed by atoms with E-state index < -0.39 is 31.7 Å². The van der Waals surface area contributed by atoms with Crippen molar-refractivity contribution in [2.45, 2.75) is 27.7 Å². The molecular formula is C52H54N4O8P4. The van der Waals surface area contributed by atoms with Gasteiger partial charge >= 0.3 is 401 Å². The molecule has 350 valence electrons. The molecule has 68 heavy (non-hydrogen) atoms. The Kier molecular flexibility index (Phi) is 14.3. The summed E-state index contributed by atoms with van der Waals surface area (Å²) in [6.45, 7) is 7.97. The van der Waals surface area contributed by atoms with Crippen molar-refractivity contribution in [2.24, 2.45) is 4.52 Å². The maximum atomic E-state index is 7.37. The zero-order valence-corrected chi connectivity index (χ0v) is 41.8. The van der Waals surface area contributed by atoms with Crippen LogP contribution in [0.5, 0.6) is 46.0 Å². The molecule has 0 radical (unpaired) electrons. The summed E-state index contributed by atoms with van der Waals surface area (Å²) < 4.78 is 64.3. The molecule has 9 rings (SSSR count). The van der Waals surface area contributed by atoms with Crippen LogP contribution in [0, 0.1) is 27.7 Å². The first-order valence-corrected chi connectivity index (χ1v) is 29.0. The van der Waals surface area contributed by atoms with Crippen LogP contribution in [-0.2, 0) is 0 Å². The van der Waals surface area contributed by atoms with Crippen LogP contribution in [0.15, 0.2) is 223 Å². The quantitative estimate of drug-likeness (QED) is 0.0802. The molecule has 1 unspecified atom stereocenters. The summed E-state index contributed by atoms with van der Waals surface area (Å²) in [4.78, 5) is 11.4. The number of nitrogens with one attached hydrogen (secondary N) is 3. The third-order valence-corrected chi connectivity index (χ3v) is 23.8. The Morgan fingerprint density at radius 2 is 0.647 bits per heavy atom. The second-order valence-corrected chi connectivity index (χ2v) is 26.1. The summed E-state index contributed by atoms with van der Waals surface area (Å²) in [6, 6.07) is 68.2. The van der Waals surface area contributed by atoms with Gasteiger partial charge in [0.05, 0.1) is 0 Å². The first-order valence-electron chi connectivity index (χ1n) is 22.0. The minimum absolute atomic E-state index is 0.432. The average Bonchev–Trinajstić information content (AvgIpc) is 3.30. The van der Waals surface area contributed by atoms with Gasteiger partial charge in [-0.2, -0.15) is 0 Å². The van der Waals surface area contributed by atoms with Crippen LogP contribution in [0.25, 0.3) is 0 Å². The van der Waals surface area contributed by atoms with Gasteiger partial charge in [-0.3, -0.25) is 0 Å². The van der Waals surface area contributed by atoms with Gasteiger partial charge in [-0.1, -0.05) is 0 Å². The molecule has 8 aromatic rings. The van der Waals surface area contributed by atoms with E-state index in [-0.39, 0.29) is 0 Å². The van der Waals surface area contributed by atoms with Crippen LogP contribution < -0.4 is 50.8 Å².